The molecule has 116 valence electrons. The van der Waals surface area contributed by atoms with Gasteiger partial charge in [0.05, 0.1) is 12.2 Å². The number of carbonyl (C=O) groups is 1. The Balaban J connectivity index is 1.52. The number of hydrogen-bond donors (Lipinski definition) is 2. The zero-order valence-electron chi connectivity index (χ0n) is 13.0. The highest BCUT2D eigenvalue weighted by Gasteiger charge is 2.27. The molecule has 1 amide bonds. The van der Waals surface area contributed by atoms with Crippen LogP contribution in [0.3, 0.4) is 0 Å². The molecule has 1 aromatic carbocycles. The molecule has 1 unspecified atom stereocenters. The van der Waals surface area contributed by atoms with E-state index in [2.05, 4.69) is 45.8 Å². The van der Waals surface area contributed by atoms with E-state index in [1.54, 1.807) is 6.20 Å². The Kier molecular flexibility index (Phi) is 4.56. The molecule has 4 heteroatoms. The molecule has 0 spiro atoms. The lowest BCUT2D eigenvalue weighted by molar-refractivity contribution is -0.126. The molecule has 0 saturated heterocycles. The van der Waals surface area contributed by atoms with Gasteiger partial charge in [-0.15, -0.1) is 0 Å². The minimum Gasteiger partial charge on any atom is -0.349 e. The summed E-state index contributed by atoms with van der Waals surface area (Å²) in [5, 5.41) is 9.82. The Morgan fingerprint density at radius 1 is 1.23 bits per heavy atom. The molecule has 2 N–H and O–H groups in total. The number of aromatic amines is 1. The molecule has 1 saturated carbocycles. The summed E-state index contributed by atoms with van der Waals surface area (Å²) in [6.45, 7) is 2.00. The number of nitrogens with zero attached hydrogens (tertiary/aromatic N) is 1. The van der Waals surface area contributed by atoms with Crippen molar-refractivity contribution >= 4 is 5.91 Å². The van der Waals surface area contributed by atoms with Crippen LogP contribution < -0.4 is 5.32 Å². The first-order valence-corrected chi connectivity index (χ1v) is 8.08. The van der Waals surface area contributed by atoms with Crippen LogP contribution >= 0.6 is 0 Å². The number of rotatable bonds is 4. The lowest BCUT2D eigenvalue weighted by Gasteiger charge is -2.29. The second kappa shape index (κ2) is 6.77. The van der Waals surface area contributed by atoms with Gasteiger partial charge in [0, 0.05) is 17.7 Å². The smallest absolute Gasteiger partial charge is 0.223 e. The molecule has 1 heterocycles. The first-order chi connectivity index (χ1) is 10.7. The molecule has 1 aliphatic carbocycles. The van der Waals surface area contributed by atoms with Gasteiger partial charge >= 0.3 is 0 Å². The first-order valence-electron chi connectivity index (χ1n) is 8.08. The average molecular weight is 297 g/mol. The molecule has 0 bridgehead atoms. The fraction of sp³-hybridized carbons (Fsp3) is 0.444. The highest BCUT2D eigenvalue weighted by molar-refractivity contribution is 5.79. The Labute approximate surface area is 131 Å². The van der Waals surface area contributed by atoms with Crippen LogP contribution in [0.2, 0.25) is 0 Å². The quantitative estimate of drug-likeness (QED) is 0.906. The predicted octanol–water partition coefficient (Wildman–Crippen LogP) is 3.56. The standard InChI is InChI=1S/C18H23N3O/c1-13(17-11-19-20-12-17)21-18(22)16-9-7-15(8-10-16)14-5-3-2-4-6-14/h2-6,11-13,15-16H,7-10H2,1H3,(H,19,20)(H,21,22). The van der Waals surface area contributed by atoms with Crippen molar-refractivity contribution in [2.75, 3.05) is 0 Å². The topological polar surface area (TPSA) is 57.8 Å². The highest BCUT2D eigenvalue weighted by atomic mass is 16.1. The number of amides is 1. The van der Waals surface area contributed by atoms with Gasteiger partial charge in [0.1, 0.15) is 0 Å². The van der Waals surface area contributed by atoms with Crippen LogP contribution in [-0.4, -0.2) is 16.1 Å². The van der Waals surface area contributed by atoms with Gasteiger partial charge in [-0.1, -0.05) is 30.3 Å². The summed E-state index contributed by atoms with van der Waals surface area (Å²) in [4.78, 5) is 12.4. The van der Waals surface area contributed by atoms with E-state index in [9.17, 15) is 4.79 Å². The summed E-state index contributed by atoms with van der Waals surface area (Å²) in [5.74, 6) is 0.936. The maximum Gasteiger partial charge on any atom is 0.223 e. The Morgan fingerprint density at radius 3 is 2.59 bits per heavy atom. The maximum absolute atomic E-state index is 12.4. The van der Waals surface area contributed by atoms with Crippen LogP contribution in [0.15, 0.2) is 42.7 Å². The fourth-order valence-corrected chi connectivity index (χ4v) is 3.33. The molecule has 3 rings (SSSR count). The van der Waals surface area contributed by atoms with Gasteiger partial charge in [-0.25, -0.2) is 0 Å². The largest absolute Gasteiger partial charge is 0.349 e. The van der Waals surface area contributed by atoms with Crippen LogP contribution in [0.5, 0.6) is 0 Å². The van der Waals surface area contributed by atoms with E-state index in [0.717, 1.165) is 31.2 Å². The second-order valence-electron chi connectivity index (χ2n) is 6.22. The van der Waals surface area contributed by atoms with Crippen molar-refractivity contribution in [3.8, 4) is 0 Å². The maximum atomic E-state index is 12.4. The van der Waals surface area contributed by atoms with Crippen molar-refractivity contribution in [1.29, 1.82) is 0 Å². The van der Waals surface area contributed by atoms with E-state index < -0.39 is 0 Å². The number of hydrogen-bond acceptors (Lipinski definition) is 2. The summed E-state index contributed by atoms with van der Waals surface area (Å²) in [6.07, 6.45) is 7.74. The molecule has 1 atom stereocenters. The SMILES string of the molecule is CC(NC(=O)C1CCC(c2ccccc2)CC1)c1cn[nH]c1. The molecule has 1 fully saturated rings. The van der Waals surface area contributed by atoms with E-state index >= 15 is 0 Å². The van der Waals surface area contributed by atoms with E-state index in [1.165, 1.54) is 5.56 Å². The fourth-order valence-electron chi connectivity index (χ4n) is 3.33. The Morgan fingerprint density at radius 2 is 1.95 bits per heavy atom. The van der Waals surface area contributed by atoms with Crippen molar-refractivity contribution in [2.24, 2.45) is 5.92 Å². The predicted molar refractivity (Wildman–Crippen MR) is 86.3 cm³/mol. The number of nitrogens with one attached hydrogen (secondary N) is 2. The van der Waals surface area contributed by atoms with E-state index in [-0.39, 0.29) is 17.9 Å². The normalized spacial score (nSPS) is 23.0. The number of H-pyrrole nitrogens is 1. The molecular formula is C18H23N3O. The number of aromatic nitrogens is 2. The van der Waals surface area contributed by atoms with Crippen molar-refractivity contribution in [2.45, 2.75) is 44.6 Å². The molecule has 22 heavy (non-hydrogen) atoms. The van der Waals surface area contributed by atoms with Crippen LogP contribution in [0.1, 0.15) is 55.7 Å². The van der Waals surface area contributed by atoms with Crippen molar-refractivity contribution in [3.63, 3.8) is 0 Å². The molecular weight excluding hydrogens is 274 g/mol. The zero-order chi connectivity index (χ0) is 15.4. The van der Waals surface area contributed by atoms with Gasteiger partial charge in [-0.3, -0.25) is 9.89 Å². The monoisotopic (exact) mass is 297 g/mol. The molecule has 1 aromatic heterocycles. The van der Waals surface area contributed by atoms with Gasteiger partial charge in [0.2, 0.25) is 5.91 Å². The Bertz CT molecular complexity index is 586. The van der Waals surface area contributed by atoms with Crippen molar-refractivity contribution in [3.05, 3.63) is 53.9 Å². The zero-order valence-corrected chi connectivity index (χ0v) is 13.0. The molecule has 0 aliphatic heterocycles. The second-order valence-corrected chi connectivity index (χ2v) is 6.22. The van der Waals surface area contributed by atoms with E-state index in [1.807, 2.05) is 13.1 Å². The summed E-state index contributed by atoms with van der Waals surface area (Å²) in [7, 11) is 0. The van der Waals surface area contributed by atoms with Crippen LogP contribution in [0, 0.1) is 5.92 Å². The van der Waals surface area contributed by atoms with Crippen LogP contribution in [0.25, 0.3) is 0 Å². The van der Waals surface area contributed by atoms with Crippen LogP contribution in [0.4, 0.5) is 0 Å². The third-order valence-corrected chi connectivity index (χ3v) is 4.75. The third-order valence-electron chi connectivity index (χ3n) is 4.75. The number of carbonyl (C=O) groups excluding carboxylic acids is 1. The van der Waals surface area contributed by atoms with Gasteiger partial charge < -0.3 is 5.32 Å². The molecule has 4 nitrogen and oxygen atoms in total. The summed E-state index contributed by atoms with van der Waals surface area (Å²) >= 11 is 0. The Hall–Kier alpha value is -2.10. The average Bonchev–Trinajstić information content (AvgIpc) is 3.10. The lowest BCUT2D eigenvalue weighted by atomic mass is 9.78. The minimum atomic E-state index is 0.0121. The number of benzene rings is 1. The van der Waals surface area contributed by atoms with Crippen molar-refractivity contribution < 1.29 is 4.79 Å². The van der Waals surface area contributed by atoms with E-state index in [0.29, 0.717) is 5.92 Å². The molecule has 2 aromatic rings. The lowest BCUT2D eigenvalue weighted by Crippen LogP contribution is -2.34. The summed E-state index contributed by atoms with van der Waals surface area (Å²) in [6, 6.07) is 10.7. The first kappa shape index (κ1) is 14.8. The van der Waals surface area contributed by atoms with Gasteiger partial charge in [0.25, 0.3) is 0 Å². The van der Waals surface area contributed by atoms with Crippen molar-refractivity contribution in [1.82, 2.24) is 15.5 Å². The molecule has 1 aliphatic rings. The van der Waals surface area contributed by atoms with Gasteiger partial charge in [-0.05, 0) is 44.1 Å². The molecule has 0 radical (unpaired) electrons. The van der Waals surface area contributed by atoms with E-state index in [4.69, 9.17) is 0 Å². The van der Waals surface area contributed by atoms with Gasteiger partial charge in [0.15, 0.2) is 0 Å². The third kappa shape index (κ3) is 3.38. The van der Waals surface area contributed by atoms with Crippen LogP contribution in [-0.2, 0) is 4.79 Å². The summed E-state index contributed by atoms with van der Waals surface area (Å²) in [5.41, 5.74) is 2.43. The summed E-state index contributed by atoms with van der Waals surface area (Å²) < 4.78 is 0. The van der Waals surface area contributed by atoms with Gasteiger partial charge in [-0.2, -0.15) is 5.10 Å². The minimum absolute atomic E-state index is 0.0121. The highest BCUT2D eigenvalue weighted by Crippen LogP contribution is 2.35.